The number of nitrogens with zero attached hydrogens (tertiary/aromatic N) is 1. The summed E-state index contributed by atoms with van der Waals surface area (Å²) in [5, 5.41) is 2.81. The molecular formula is C16H22N2O2. The van der Waals surface area contributed by atoms with Crippen molar-refractivity contribution in [2.24, 2.45) is 0 Å². The van der Waals surface area contributed by atoms with Gasteiger partial charge in [0, 0.05) is 5.69 Å². The van der Waals surface area contributed by atoms with E-state index in [9.17, 15) is 9.59 Å². The maximum atomic E-state index is 12.7. The summed E-state index contributed by atoms with van der Waals surface area (Å²) in [6, 6.07) is 5.55. The van der Waals surface area contributed by atoms with Crippen LogP contribution in [-0.4, -0.2) is 23.4 Å². The van der Waals surface area contributed by atoms with Gasteiger partial charge in [-0.15, -0.1) is 0 Å². The molecular weight excluding hydrogens is 252 g/mol. The van der Waals surface area contributed by atoms with Crippen LogP contribution in [0.15, 0.2) is 18.2 Å². The quantitative estimate of drug-likeness (QED) is 0.899. The lowest BCUT2D eigenvalue weighted by atomic mass is 9.94. The molecule has 2 rings (SSSR count). The van der Waals surface area contributed by atoms with Crippen LogP contribution < -0.4 is 10.2 Å². The van der Waals surface area contributed by atoms with Gasteiger partial charge in [-0.1, -0.05) is 13.0 Å². The number of amides is 2. The molecule has 1 aromatic rings. The molecule has 20 heavy (non-hydrogen) atoms. The van der Waals surface area contributed by atoms with Crippen LogP contribution in [0.1, 0.15) is 38.3 Å². The summed E-state index contributed by atoms with van der Waals surface area (Å²) in [6.07, 6.45) is 0.598. The maximum Gasteiger partial charge on any atom is 0.252 e. The van der Waals surface area contributed by atoms with E-state index in [1.807, 2.05) is 32.9 Å². The monoisotopic (exact) mass is 274 g/mol. The van der Waals surface area contributed by atoms with Crippen molar-refractivity contribution < 1.29 is 9.59 Å². The first-order valence-corrected chi connectivity index (χ1v) is 7.00. The van der Waals surface area contributed by atoms with Crippen molar-refractivity contribution in [3.05, 3.63) is 29.3 Å². The SMILES string of the molecule is CCC1C(=O)NC(C)(C)C(=O)N1c1cc(C)cc(C)c1. The third-order valence-electron chi connectivity index (χ3n) is 3.67. The van der Waals surface area contributed by atoms with E-state index in [0.717, 1.165) is 16.8 Å². The Morgan fingerprint density at radius 1 is 1.15 bits per heavy atom. The Labute approximate surface area is 120 Å². The molecule has 1 atom stereocenters. The highest BCUT2D eigenvalue weighted by atomic mass is 16.2. The molecule has 1 heterocycles. The molecule has 108 valence electrons. The van der Waals surface area contributed by atoms with Crippen LogP contribution >= 0.6 is 0 Å². The van der Waals surface area contributed by atoms with Gasteiger partial charge in [0.15, 0.2) is 0 Å². The van der Waals surface area contributed by atoms with Gasteiger partial charge in [-0.2, -0.15) is 0 Å². The fraction of sp³-hybridized carbons (Fsp3) is 0.500. The molecule has 4 nitrogen and oxygen atoms in total. The van der Waals surface area contributed by atoms with Crippen molar-refractivity contribution in [3.63, 3.8) is 0 Å². The summed E-state index contributed by atoms with van der Waals surface area (Å²) in [5.41, 5.74) is 2.13. The highest BCUT2D eigenvalue weighted by Crippen LogP contribution is 2.28. The minimum Gasteiger partial charge on any atom is -0.340 e. The number of hydrogen-bond donors (Lipinski definition) is 1. The number of benzene rings is 1. The van der Waals surface area contributed by atoms with Gasteiger partial charge in [0.2, 0.25) is 5.91 Å². The van der Waals surface area contributed by atoms with E-state index < -0.39 is 11.6 Å². The van der Waals surface area contributed by atoms with Crippen LogP contribution in [0.25, 0.3) is 0 Å². The second kappa shape index (κ2) is 4.93. The van der Waals surface area contributed by atoms with Crippen molar-refractivity contribution in [3.8, 4) is 0 Å². The highest BCUT2D eigenvalue weighted by Gasteiger charge is 2.45. The largest absolute Gasteiger partial charge is 0.340 e. The summed E-state index contributed by atoms with van der Waals surface area (Å²) in [7, 11) is 0. The molecule has 0 spiro atoms. The predicted molar refractivity (Wildman–Crippen MR) is 79.7 cm³/mol. The Hall–Kier alpha value is -1.84. The normalized spacial score (nSPS) is 21.9. The number of piperazine rings is 1. The van der Waals surface area contributed by atoms with Crippen LogP contribution in [0.2, 0.25) is 0 Å². The van der Waals surface area contributed by atoms with Gasteiger partial charge in [0.05, 0.1) is 0 Å². The van der Waals surface area contributed by atoms with Gasteiger partial charge < -0.3 is 5.32 Å². The minimum absolute atomic E-state index is 0.0612. The Morgan fingerprint density at radius 2 is 1.70 bits per heavy atom. The van der Waals surface area contributed by atoms with E-state index in [1.54, 1.807) is 18.7 Å². The van der Waals surface area contributed by atoms with Crippen LogP contribution in [0.4, 0.5) is 5.69 Å². The summed E-state index contributed by atoms with van der Waals surface area (Å²) in [6.45, 7) is 9.41. The van der Waals surface area contributed by atoms with Gasteiger partial charge in [0.1, 0.15) is 11.6 Å². The van der Waals surface area contributed by atoms with Crippen LogP contribution in [0.3, 0.4) is 0 Å². The molecule has 0 bridgehead atoms. The number of carbonyl (C=O) groups is 2. The van der Waals surface area contributed by atoms with E-state index in [4.69, 9.17) is 0 Å². The Balaban J connectivity index is 2.53. The molecule has 0 aromatic heterocycles. The Bertz CT molecular complexity index is 543. The molecule has 1 aliphatic rings. The second-order valence-electron chi connectivity index (χ2n) is 6.06. The summed E-state index contributed by atoms with van der Waals surface area (Å²) < 4.78 is 0. The molecule has 1 unspecified atom stereocenters. The predicted octanol–water partition coefficient (Wildman–Crippen LogP) is 2.32. The molecule has 1 saturated heterocycles. The molecule has 2 amide bonds. The smallest absolute Gasteiger partial charge is 0.252 e. The number of hydrogen-bond acceptors (Lipinski definition) is 2. The maximum absolute atomic E-state index is 12.7. The second-order valence-corrected chi connectivity index (χ2v) is 6.06. The molecule has 1 aromatic carbocycles. The average molecular weight is 274 g/mol. The van der Waals surface area contributed by atoms with Crippen LogP contribution in [0.5, 0.6) is 0 Å². The lowest BCUT2D eigenvalue weighted by molar-refractivity contribution is -0.137. The third-order valence-corrected chi connectivity index (χ3v) is 3.67. The van der Waals surface area contributed by atoms with Gasteiger partial charge in [0.25, 0.3) is 5.91 Å². The first kappa shape index (κ1) is 14.6. The first-order valence-electron chi connectivity index (χ1n) is 7.00. The topological polar surface area (TPSA) is 49.4 Å². The van der Waals surface area contributed by atoms with E-state index >= 15 is 0 Å². The molecule has 0 aliphatic carbocycles. The van der Waals surface area contributed by atoms with E-state index in [1.165, 1.54) is 0 Å². The van der Waals surface area contributed by atoms with E-state index in [-0.39, 0.29) is 11.8 Å². The van der Waals surface area contributed by atoms with Gasteiger partial charge in [-0.05, 0) is 57.4 Å². The first-order chi connectivity index (χ1) is 9.26. The van der Waals surface area contributed by atoms with E-state index in [2.05, 4.69) is 11.4 Å². The molecule has 0 saturated carbocycles. The lowest BCUT2D eigenvalue weighted by Crippen LogP contribution is -2.68. The number of aryl methyl sites for hydroxylation is 2. The zero-order valence-corrected chi connectivity index (χ0v) is 12.8. The van der Waals surface area contributed by atoms with Crippen molar-refractivity contribution in [1.82, 2.24) is 5.32 Å². The number of anilines is 1. The van der Waals surface area contributed by atoms with Crippen molar-refractivity contribution >= 4 is 17.5 Å². The standard InChI is InChI=1S/C16H22N2O2/c1-6-13-14(19)17-16(4,5)15(20)18(13)12-8-10(2)7-11(3)9-12/h7-9,13H,6H2,1-5H3,(H,17,19). The fourth-order valence-corrected chi connectivity index (χ4v) is 2.76. The van der Waals surface area contributed by atoms with E-state index in [0.29, 0.717) is 6.42 Å². The van der Waals surface area contributed by atoms with Gasteiger partial charge >= 0.3 is 0 Å². The van der Waals surface area contributed by atoms with Crippen LogP contribution in [0, 0.1) is 13.8 Å². The molecule has 1 aliphatic heterocycles. The number of carbonyl (C=O) groups excluding carboxylic acids is 2. The molecule has 1 fully saturated rings. The zero-order chi connectivity index (χ0) is 15.1. The lowest BCUT2D eigenvalue weighted by Gasteiger charge is -2.42. The molecule has 0 radical (unpaired) electrons. The van der Waals surface area contributed by atoms with Gasteiger partial charge in [-0.3, -0.25) is 14.5 Å². The zero-order valence-electron chi connectivity index (χ0n) is 12.8. The van der Waals surface area contributed by atoms with Crippen molar-refractivity contribution in [2.45, 2.75) is 52.6 Å². The Morgan fingerprint density at radius 3 is 2.20 bits per heavy atom. The minimum atomic E-state index is -0.861. The highest BCUT2D eigenvalue weighted by molar-refractivity contribution is 6.10. The van der Waals surface area contributed by atoms with Gasteiger partial charge in [-0.25, -0.2) is 0 Å². The number of rotatable bonds is 2. The summed E-state index contributed by atoms with van der Waals surface area (Å²) in [5.74, 6) is -0.148. The summed E-state index contributed by atoms with van der Waals surface area (Å²) >= 11 is 0. The molecule has 4 heteroatoms. The number of nitrogens with one attached hydrogen (secondary N) is 1. The van der Waals surface area contributed by atoms with Crippen molar-refractivity contribution in [1.29, 1.82) is 0 Å². The summed E-state index contributed by atoms with van der Waals surface area (Å²) in [4.78, 5) is 26.6. The Kier molecular flexibility index (Phi) is 3.59. The fourth-order valence-electron chi connectivity index (χ4n) is 2.76. The van der Waals surface area contributed by atoms with Crippen molar-refractivity contribution in [2.75, 3.05) is 4.90 Å². The third kappa shape index (κ3) is 2.42. The average Bonchev–Trinajstić information content (AvgIpc) is 2.31. The van der Waals surface area contributed by atoms with Crippen LogP contribution in [-0.2, 0) is 9.59 Å². The molecule has 1 N–H and O–H groups in total.